The maximum absolute atomic E-state index is 12.3. The van der Waals surface area contributed by atoms with Gasteiger partial charge in [0.1, 0.15) is 5.75 Å². The summed E-state index contributed by atoms with van der Waals surface area (Å²) in [5.41, 5.74) is 9.05. The molecule has 0 bridgehead atoms. The lowest BCUT2D eigenvalue weighted by Crippen LogP contribution is -2.42. The number of nitrogens with one attached hydrogen (secondary N) is 1. The Bertz CT molecular complexity index is 903. The number of hydrogen-bond donors (Lipinski definition) is 3. The predicted octanol–water partition coefficient (Wildman–Crippen LogP) is 2.30. The minimum absolute atomic E-state index is 0.0635. The van der Waals surface area contributed by atoms with E-state index in [2.05, 4.69) is 39.5 Å². The summed E-state index contributed by atoms with van der Waals surface area (Å²) in [4.78, 5) is 18.5. The van der Waals surface area contributed by atoms with E-state index in [0.29, 0.717) is 6.54 Å². The third-order valence-corrected chi connectivity index (χ3v) is 5.88. The number of aryl methyl sites for hydroxylation is 1. The number of β-amino-alcohol motifs (C(OH)–C–C–N with tert-alkyl or cyclic N) is 1. The fourth-order valence-electron chi connectivity index (χ4n) is 4.12. The zero-order valence-corrected chi connectivity index (χ0v) is 19.3. The van der Waals surface area contributed by atoms with E-state index in [1.54, 1.807) is 0 Å². The minimum atomic E-state index is -0.616. The molecule has 1 atom stereocenters. The number of unbranched alkanes of at least 4 members (excludes halogenated alkanes) is 2. The van der Waals surface area contributed by atoms with E-state index in [1.807, 2.05) is 24.3 Å². The van der Waals surface area contributed by atoms with Gasteiger partial charge in [0, 0.05) is 32.7 Å². The van der Waals surface area contributed by atoms with Crippen LogP contribution in [-0.2, 0) is 24.2 Å². The average molecular weight is 453 g/mol. The van der Waals surface area contributed by atoms with Gasteiger partial charge in [0.05, 0.1) is 12.4 Å². The third-order valence-electron chi connectivity index (χ3n) is 5.88. The highest BCUT2D eigenvalue weighted by Gasteiger charge is 2.18. The first-order valence-corrected chi connectivity index (χ1v) is 11.8. The van der Waals surface area contributed by atoms with Crippen LogP contribution in [0.4, 0.5) is 0 Å². The zero-order chi connectivity index (χ0) is 23.3. The van der Waals surface area contributed by atoms with Crippen molar-refractivity contribution in [2.75, 3.05) is 32.8 Å². The normalized spacial score (nSPS) is 14.7. The Balaban J connectivity index is 1.35. The number of benzene rings is 2. The highest BCUT2D eigenvalue weighted by Crippen LogP contribution is 2.21. The monoisotopic (exact) mass is 452 g/mol. The summed E-state index contributed by atoms with van der Waals surface area (Å²) < 4.78 is 5.77. The molecule has 4 N–H and O–H groups in total. The second-order valence-electron chi connectivity index (χ2n) is 8.47. The molecule has 1 heterocycles. The lowest BCUT2D eigenvalue weighted by Gasteiger charge is -2.30. The van der Waals surface area contributed by atoms with E-state index in [0.717, 1.165) is 63.1 Å². The highest BCUT2D eigenvalue weighted by atomic mass is 16.5. The van der Waals surface area contributed by atoms with Gasteiger partial charge in [0.2, 0.25) is 0 Å². The van der Waals surface area contributed by atoms with Crippen LogP contribution in [0.15, 0.2) is 53.5 Å². The molecule has 2 aromatic rings. The van der Waals surface area contributed by atoms with Gasteiger partial charge in [-0.2, -0.15) is 0 Å². The minimum Gasteiger partial charge on any atom is -0.483 e. The molecule has 178 valence electrons. The molecule has 0 aromatic heterocycles. The van der Waals surface area contributed by atoms with Crippen molar-refractivity contribution >= 4 is 12.2 Å². The molecule has 33 heavy (non-hydrogen) atoms. The molecule has 0 saturated heterocycles. The van der Waals surface area contributed by atoms with Crippen molar-refractivity contribution in [1.29, 1.82) is 0 Å². The Labute approximate surface area is 196 Å². The largest absolute Gasteiger partial charge is 0.483 e. The number of ether oxygens (including phenoxy) is 1. The van der Waals surface area contributed by atoms with Crippen LogP contribution >= 0.6 is 0 Å². The van der Waals surface area contributed by atoms with E-state index in [-0.39, 0.29) is 19.1 Å². The first-order valence-electron chi connectivity index (χ1n) is 11.8. The van der Waals surface area contributed by atoms with Crippen LogP contribution in [0.3, 0.4) is 0 Å². The maximum atomic E-state index is 12.3. The Morgan fingerprint density at radius 1 is 1.15 bits per heavy atom. The van der Waals surface area contributed by atoms with Crippen LogP contribution in [0.1, 0.15) is 36.0 Å². The van der Waals surface area contributed by atoms with E-state index < -0.39 is 6.10 Å². The molecule has 1 aliphatic rings. The van der Waals surface area contributed by atoms with Crippen LogP contribution in [0.25, 0.3) is 0 Å². The van der Waals surface area contributed by atoms with Gasteiger partial charge in [0.15, 0.2) is 6.61 Å². The number of hydrogen-bond acceptors (Lipinski definition) is 5. The molecule has 1 amide bonds. The van der Waals surface area contributed by atoms with Gasteiger partial charge in [-0.25, -0.2) is 0 Å². The van der Waals surface area contributed by atoms with Crippen LogP contribution in [0.5, 0.6) is 5.75 Å². The van der Waals surface area contributed by atoms with Gasteiger partial charge in [0.25, 0.3) is 5.91 Å². The summed E-state index contributed by atoms with van der Waals surface area (Å²) >= 11 is 0. The molecule has 0 spiro atoms. The zero-order valence-electron chi connectivity index (χ0n) is 19.3. The van der Waals surface area contributed by atoms with E-state index in [4.69, 9.17) is 10.5 Å². The molecule has 0 saturated carbocycles. The van der Waals surface area contributed by atoms with Gasteiger partial charge in [-0.15, -0.1) is 0 Å². The summed E-state index contributed by atoms with van der Waals surface area (Å²) in [6.45, 7) is 3.20. The second-order valence-corrected chi connectivity index (χ2v) is 8.47. The second kappa shape index (κ2) is 13.6. The summed E-state index contributed by atoms with van der Waals surface area (Å²) in [6, 6.07) is 16.2. The number of carbonyl (C=O) groups is 1. The van der Waals surface area contributed by atoms with Crippen LogP contribution in [0, 0.1) is 0 Å². The number of aliphatic imine (C=N–C) groups is 1. The molecular formula is C26H36N4O3. The molecule has 0 radical (unpaired) electrons. The molecule has 1 aliphatic heterocycles. The van der Waals surface area contributed by atoms with Crippen molar-refractivity contribution in [3.8, 4) is 5.75 Å². The van der Waals surface area contributed by atoms with Crippen molar-refractivity contribution < 1.29 is 14.6 Å². The van der Waals surface area contributed by atoms with E-state index >= 15 is 0 Å². The first-order chi connectivity index (χ1) is 16.2. The number of fused-ring (bicyclic) bond motifs is 1. The van der Waals surface area contributed by atoms with Crippen LogP contribution in [-0.4, -0.2) is 61.1 Å². The van der Waals surface area contributed by atoms with E-state index in [9.17, 15) is 9.90 Å². The Morgan fingerprint density at radius 3 is 2.79 bits per heavy atom. The summed E-state index contributed by atoms with van der Waals surface area (Å²) in [5.74, 6) is 0.507. The van der Waals surface area contributed by atoms with E-state index in [1.165, 1.54) is 17.5 Å². The lowest BCUT2D eigenvalue weighted by molar-refractivity contribution is -0.123. The maximum Gasteiger partial charge on any atom is 0.258 e. The molecule has 0 aliphatic carbocycles. The molecule has 2 aromatic carbocycles. The fourth-order valence-corrected chi connectivity index (χ4v) is 4.12. The molecular weight excluding hydrogens is 416 g/mol. The molecule has 7 nitrogen and oxygen atoms in total. The Kier molecular flexibility index (Phi) is 10.2. The van der Waals surface area contributed by atoms with Crippen LogP contribution in [0.2, 0.25) is 0 Å². The molecule has 7 heteroatoms. The van der Waals surface area contributed by atoms with Crippen molar-refractivity contribution in [3.63, 3.8) is 0 Å². The van der Waals surface area contributed by atoms with Crippen molar-refractivity contribution in [3.05, 3.63) is 65.2 Å². The standard InChI is InChI=1S/C26H36N4O3/c27-20-28-14-7-1-2-9-22-10-5-6-12-25(22)33-19-26(32)29-16-24(31)18-30-15-13-21-8-3-4-11-23(21)17-30/h3-6,8,10-12,20,24,31H,1-2,7,9,13-19H2,(H2,27,28)(H,29,32)/t24-/m1/s1. The van der Waals surface area contributed by atoms with Gasteiger partial charge in [-0.1, -0.05) is 48.9 Å². The molecule has 0 unspecified atom stereocenters. The highest BCUT2D eigenvalue weighted by molar-refractivity contribution is 5.77. The number of para-hydroxylation sites is 1. The van der Waals surface area contributed by atoms with Crippen LogP contribution < -0.4 is 15.8 Å². The number of nitrogens with two attached hydrogens (primary N) is 1. The number of nitrogens with zero attached hydrogens (tertiary/aromatic N) is 2. The van der Waals surface area contributed by atoms with Gasteiger partial charge in [-0.3, -0.25) is 14.7 Å². The van der Waals surface area contributed by atoms with Crippen molar-refractivity contribution in [2.24, 2.45) is 10.7 Å². The number of rotatable bonds is 13. The van der Waals surface area contributed by atoms with Crippen molar-refractivity contribution in [1.82, 2.24) is 10.2 Å². The first kappa shape index (κ1) is 24.7. The number of carbonyl (C=O) groups excluding carboxylic acids is 1. The van der Waals surface area contributed by atoms with Gasteiger partial charge < -0.3 is 20.9 Å². The summed E-state index contributed by atoms with van der Waals surface area (Å²) in [6.07, 6.45) is 5.71. The van der Waals surface area contributed by atoms with Gasteiger partial charge >= 0.3 is 0 Å². The number of amides is 1. The average Bonchev–Trinajstić information content (AvgIpc) is 2.84. The fraction of sp³-hybridized carbons (Fsp3) is 0.462. The quantitative estimate of drug-likeness (QED) is 0.246. The number of aliphatic hydroxyl groups is 1. The Morgan fingerprint density at radius 2 is 1.94 bits per heavy atom. The summed E-state index contributed by atoms with van der Waals surface area (Å²) in [7, 11) is 0. The molecule has 0 fully saturated rings. The SMILES string of the molecule is NC=NCCCCCc1ccccc1OCC(=O)NC[C@@H](O)CN1CCc2ccccc2C1. The smallest absolute Gasteiger partial charge is 0.258 e. The number of aliphatic hydroxyl groups excluding tert-OH is 1. The third kappa shape index (κ3) is 8.51. The lowest BCUT2D eigenvalue weighted by atomic mass is 10.00. The van der Waals surface area contributed by atoms with Crippen molar-refractivity contribution in [2.45, 2.75) is 44.8 Å². The van der Waals surface area contributed by atoms with Gasteiger partial charge in [-0.05, 0) is 48.4 Å². The Hall–Kier alpha value is -2.90. The summed E-state index contributed by atoms with van der Waals surface area (Å²) in [5, 5.41) is 13.2. The predicted molar refractivity (Wildman–Crippen MR) is 131 cm³/mol. The molecule has 3 rings (SSSR count). The topological polar surface area (TPSA) is 100 Å².